The first kappa shape index (κ1) is 25.3. The van der Waals surface area contributed by atoms with Crippen LogP contribution in [-0.2, 0) is 18.7 Å². The highest BCUT2D eigenvalue weighted by Gasteiger charge is 2.18. The third kappa shape index (κ3) is 5.34. The van der Waals surface area contributed by atoms with Crippen molar-refractivity contribution in [2.24, 2.45) is 0 Å². The zero-order chi connectivity index (χ0) is 27.0. The van der Waals surface area contributed by atoms with Gasteiger partial charge in [0.25, 0.3) is 11.5 Å². The zero-order valence-corrected chi connectivity index (χ0v) is 21.2. The minimum Gasteiger partial charge on any atom is -0.386 e. The summed E-state index contributed by atoms with van der Waals surface area (Å²) in [7, 11) is 2.04. The first-order valence-electron chi connectivity index (χ1n) is 12.1. The van der Waals surface area contributed by atoms with E-state index in [1.165, 1.54) is 18.2 Å². The van der Waals surface area contributed by atoms with Crippen molar-refractivity contribution in [2.75, 3.05) is 24.2 Å². The van der Waals surface area contributed by atoms with Crippen molar-refractivity contribution in [1.29, 1.82) is 0 Å². The molecule has 11 heteroatoms. The highest BCUT2D eigenvalue weighted by Crippen LogP contribution is 2.26. The van der Waals surface area contributed by atoms with E-state index in [0.29, 0.717) is 28.2 Å². The van der Waals surface area contributed by atoms with Crippen molar-refractivity contribution in [3.05, 3.63) is 87.6 Å². The van der Waals surface area contributed by atoms with Gasteiger partial charge in [0.2, 0.25) is 0 Å². The average molecular weight is 518 g/mol. The SMILES string of the molecule is CN1CCn2nc(Nc3cc(-c4ccc(F)c(NC(=O)c5ccc(C(C)(C)O)cc5)c4)n[nH]c3=O)cc2C1. The molecule has 0 unspecified atom stereocenters. The molecule has 1 aliphatic rings. The summed E-state index contributed by atoms with van der Waals surface area (Å²) in [5.74, 6) is -0.582. The zero-order valence-electron chi connectivity index (χ0n) is 21.2. The summed E-state index contributed by atoms with van der Waals surface area (Å²) in [6.45, 7) is 5.72. The van der Waals surface area contributed by atoms with Crippen LogP contribution in [0.4, 0.5) is 21.6 Å². The predicted molar refractivity (Wildman–Crippen MR) is 142 cm³/mol. The molecule has 1 aliphatic heterocycles. The summed E-state index contributed by atoms with van der Waals surface area (Å²) in [6.07, 6.45) is 0. The second-order valence-corrected chi connectivity index (χ2v) is 9.89. The van der Waals surface area contributed by atoms with Gasteiger partial charge in [-0.05, 0) is 62.9 Å². The number of aliphatic hydroxyl groups is 1. The minimum absolute atomic E-state index is 0.0347. The number of halogens is 1. The number of aromatic nitrogens is 4. The number of nitrogens with one attached hydrogen (secondary N) is 3. The van der Waals surface area contributed by atoms with Crippen LogP contribution < -0.4 is 16.2 Å². The molecule has 0 spiro atoms. The van der Waals surface area contributed by atoms with Gasteiger partial charge in [-0.3, -0.25) is 19.2 Å². The van der Waals surface area contributed by atoms with E-state index >= 15 is 0 Å². The maximum Gasteiger partial charge on any atom is 0.287 e. The molecule has 196 valence electrons. The third-order valence-electron chi connectivity index (χ3n) is 6.42. The molecule has 0 radical (unpaired) electrons. The summed E-state index contributed by atoms with van der Waals surface area (Å²) < 4.78 is 16.5. The fourth-order valence-electron chi connectivity index (χ4n) is 4.25. The van der Waals surface area contributed by atoms with Gasteiger partial charge >= 0.3 is 0 Å². The lowest BCUT2D eigenvalue weighted by Crippen LogP contribution is -2.30. The van der Waals surface area contributed by atoms with E-state index in [4.69, 9.17) is 0 Å². The molecule has 4 aromatic rings. The van der Waals surface area contributed by atoms with E-state index in [0.717, 1.165) is 25.3 Å². The van der Waals surface area contributed by atoms with Gasteiger partial charge in [0.15, 0.2) is 5.82 Å². The monoisotopic (exact) mass is 517 g/mol. The standard InChI is InChI=1S/C27H28FN7O3/c1-27(2,38)18-7-4-16(5-8-18)25(36)30-22-12-17(6-9-20(22)28)21-14-23(26(37)32-31-21)29-24-13-19-15-34(3)10-11-35(19)33-24/h4-9,12-14,38H,10-11,15H2,1-3H3,(H,30,36)(H,32,37)(H,29,31,33). The lowest BCUT2D eigenvalue weighted by atomic mass is 9.97. The van der Waals surface area contributed by atoms with Gasteiger partial charge in [0.1, 0.15) is 11.5 Å². The molecular formula is C27H28FN7O3. The van der Waals surface area contributed by atoms with E-state index in [1.54, 1.807) is 44.2 Å². The summed E-state index contributed by atoms with van der Waals surface area (Å²) in [5.41, 5.74) is 1.60. The Morgan fingerprint density at radius 1 is 1.08 bits per heavy atom. The third-order valence-corrected chi connectivity index (χ3v) is 6.42. The van der Waals surface area contributed by atoms with Crippen LogP contribution in [0, 0.1) is 5.82 Å². The van der Waals surface area contributed by atoms with Gasteiger partial charge < -0.3 is 15.7 Å². The van der Waals surface area contributed by atoms with Crippen LogP contribution in [0.2, 0.25) is 0 Å². The van der Waals surface area contributed by atoms with Gasteiger partial charge in [-0.25, -0.2) is 9.49 Å². The maximum absolute atomic E-state index is 14.6. The summed E-state index contributed by atoms with van der Waals surface area (Å²) in [4.78, 5) is 27.4. The second kappa shape index (κ2) is 9.84. The molecule has 0 fully saturated rings. The molecule has 3 heterocycles. The van der Waals surface area contributed by atoms with Crippen LogP contribution in [0.15, 0.2) is 59.4 Å². The number of carbonyl (C=O) groups is 1. The molecule has 0 aliphatic carbocycles. The van der Waals surface area contributed by atoms with Gasteiger partial charge in [0.05, 0.1) is 29.2 Å². The number of hydrogen-bond acceptors (Lipinski definition) is 7. The maximum atomic E-state index is 14.6. The van der Waals surface area contributed by atoms with Crippen molar-refractivity contribution in [1.82, 2.24) is 24.9 Å². The topological polar surface area (TPSA) is 128 Å². The molecule has 0 saturated heterocycles. The van der Waals surface area contributed by atoms with E-state index in [1.807, 2.05) is 17.8 Å². The van der Waals surface area contributed by atoms with Gasteiger partial charge in [-0.2, -0.15) is 10.2 Å². The molecule has 1 amide bonds. The fourth-order valence-corrected chi connectivity index (χ4v) is 4.25. The number of H-pyrrole nitrogens is 1. The smallest absolute Gasteiger partial charge is 0.287 e. The Balaban J connectivity index is 1.37. The first-order valence-corrected chi connectivity index (χ1v) is 12.1. The van der Waals surface area contributed by atoms with Crippen LogP contribution >= 0.6 is 0 Å². The molecular weight excluding hydrogens is 489 g/mol. The lowest BCUT2D eigenvalue weighted by Gasteiger charge is -2.22. The van der Waals surface area contributed by atoms with Crippen LogP contribution in [0.25, 0.3) is 11.3 Å². The minimum atomic E-state index is -1.04. The molecule has 0 bridgehead atoms. The summed E-state index contributed by atoms with van der Waals surface area (Å²) in [5, 5.41) is 26.8. The Kier molecular flexibility index (Phi) is 6.55. The highest BCUT2D eigenvalue weighted by molar-refractivity contribution is 6.04. The van der Waals surface area contributed by atoms with E-state index < -0.39 is 22.9 Å². The van der Waals surface area contributed by atoms with Gasteiger partial charge in [0, 0.05) is 30.3 Å². The quantitative estimate of drug-likeness (QED) is 0.308. The number of amides is 1. The number of likely N-dealkylation sites (N-methyl/N-ethyl adjacent to an activating group) is 1. The molecule has 5 rings (SSSR count). The van der Waals surface area contributed by atoms with Crippen LogP contribution in [0.5, 0.6) is 0 Å². The van der Waals surface area contributed by atoms with E-state index in [-0.39, 0.29) is 11.4 Å². The van der Waals surface area contributed by atoms with Crippen molar-refractivity contribution in [2.45, 2.75) is 32.5 Å². The predicted octanol–water partition coefficient (Wildman–Crippen LogP) is 3.44. The average Bonchev–Trinajstić information content (AvgIpc) is 3.27. The Bertz CT molecular complexity index is 1550. The number of fused-ring (bicyclic) bond motifs is 1. The highest BCUT2D eigenvalue weighted by atomic mass is 19.1. The van der Waals surface area contributed by atoms with E-state index in [9.17, 15) is 19.1 Å². The summed E-state index contributed by atoms with van der Waals surface area (Å²) >= 11 is 0. The molecule has 4 N–H and O–H groups in total. The van der Waals surface area contributed by atoms with Gasteiger partial charge in [-0.15, -0.1) is 0 Å². The normalized spacial score (nSPS) is 13.7. The number of anilines is 3. The fraction of sp³-hybridized carbons (Fsp3) is 0.259. The number of hydrogen-bond donors (Lipinski definition) is 4. The number of nitrogens with zero attached hydrogens (tertiary/aromatic N) is 4. The van der Waals surface area contributed by atoms with Crippen LogP contribution in [0.1, 0.15) is 35.5 Å². The number of rotatable bonds is 6. The molecule has 10 nitrogen and oxygen atoms in total. The Hall–Kier alpha value is -4.35. The van der Waals surface area contributed by atoms with E-state index in [2.05, 4.69) is 30.8 Å². The lowest BCUT2D eigenvalue weighted by molar-refractivity contribution is 0.0785. The molecule has 2 aromatic heterocycles. The summed E-state index contributed by atoms with van der Waals surface area (Å²) in [6, 6.07) is 14.1. The number of aromatic amines is 1. The van der Waals surface area contributed by atoms with Crippen molar-refractivity contribution >= 4 is 23.1 Å². The largest absolute Gasteiger partial charge is 0.386 e. The van der Waals surface area contributed by atoms with Crippen LogP contribution in [0.3, 0.4) is 0 Å². The Morgan fingerprint density at radius 2 is 1.84 bits per heavy atom. The molecule has 0 saturated carbocycles. The Labute approximate surface area is 218 Å². The van der Waals surface area contributed by atoms with Crippen molar-refractivity contribution < 1.29 is 14.3 Å². The second-order valence-electron chi connectivity index (χ2n) is 9.89. The first-order chi connectivity index (χ1) is 18.1. The van der Waals surface area contributed by atoms with Gasteiger partial charge in [-0.1, -0.05) is 12.1 Å². The molecule has 38 heavy (non-hydrogen) atoms. The Morgan fingerprint density at radius 3 is 2.58 bits per heavy atom. The number of carbonyl (C=O) groups excluding carboxylic acids is 1. The van der Waals surface area contributed by atoms with Crippen molar-refractivity contribution in [3.63, 3.8) is 0 Å². The molecule has 0 atom stereocenters. The van der Waals surface area contributed by atoms with Crippen molar-refractivity contribution in [3.8, 4) is 11.3 Å². The molecule has 2 aromatic carbocycles. The van der Waals surface area contributed by atoms with Crippen LogP contribution in [-0.4, -0.2) is 49.5 Å². The number of benzene rings is 2.